The van der Waals surface area contributed by atoms with Gasteiger partial charge in [-0.1, -0.05) is 17.7 Å². The maximum atomic E-state index is 12.6. The lowest BCUT2D eigenvalue weighted by atomic mass is 10.2. The third-order valence-electron chi connectivity index (χ3n) is 4.11. The van der Waals surface area contributed by atoms with Crippen molar-refractivity contribution in [3.05, 3.63) is 62.7 Å². The lowest BCUT2D eigenvalue weighted by Gasteiger charge is -2.23. The van der Waals surface area contributed by atoms with Crippen LogP contribution in [0.25, 0.3) is 0 Å². The first-order chi connectivity index (χ1) is 14.4. The van der Waals surface area contributed by atoms with Gasteiger partial charge in [-0.25, -0.2) is 13.2 Å². The quantitative estimate of drug-likeness (QED) is 0.356. The summed E-state index contributed by atoms with van der Waals surface area (Å²) in [4.78, 5) is 34.9. The van der Waals surface area contributed by atoms with Crippen LogP contribution in [0, 0.1) is 17.0 Å². The Hall–Kier alpha value is -3.18. The summed E-state index contributed by atoms with van der Waals surface area (Å²) in [7, 11) is -3.95. The number of hydrogen-bond donors (Lipinski definition) is 1. The Bertz CT molecular complexity index is 1140. The Morgan fingerprint density at radius 2 is 1.90 bits per heavy atom. The summed E-state index contributed by atoms with van der Waals surface area (Å²) in [5.74, 6) is -1.40. The normalized spacial score (nSPS) is 11.0. The zero-order valence-corrected chi connectivity index (χ0v) is 18.5. The molecule has 0 atom stereocenters. The van der Waals surface area contributed by atoms with E-state index in [4.69, 9.17) is 16.3 Å². The highest BCUT2D eigenvalue weighted by Crippen LogP contribution is 2.28. The van der Waals surface area contributed by atoms with Crippen molar-refractivity contribution in [3.8, 4) is 0 Å². The summed E-state index contributed by atoms with van der Waals surface area (Å²) in [6.07, 6.45) is 0.889. The van der Waals surface area contributed by atoms with Gasteiger partial charge in [0.2, 0.25) is 15.9 Å². The molecular formula is C19H20ClN3O7S. The molecule has 12 heteroatoms. The van der Waals surface area contributed by atoms with E-state index in [9.17, 15) is 28.1 Å². The number of carbonyl (C=O) groups excluding carboxylic acids is 2. The van der Waals surface area contributed by atoms with Crippen LogP contribution in [0.15, 0.2) is 36.4 Å². The molecule has 0 saturated heterocycles. The van der Waals surface area contributed by atoms with Gasteiger partial charge in [0, 0.05) is 17.8 Å². The van der Waals surface area contributed by atoms with Crippen LogP contribution in [-0.2, 0) is 19.6 Å². The Labute approximate surface area is 184 Å². The highest BCUT2D eigenvalue weighted by atomic mass is 35.5. The van der Waals surface area contributed by atoms with Crippen LogP contribution >= 0.6 is 11.6 Å². The van der Waals surface area contributed by atoms with Crippen molar-refractivity contribution < 1.29 is 27.7 Å². The number of halogens is 1. The van der Waals surface area contributed by atoms with E-state index in [-0.39, 0.29) is 34.3 Å². The van der Waals surface area contributed by atoms with E-state index in [0.717, 1.165) is 16.6 Å². The molecule has 0 bridgehead atoms. The van der Waals surface area contributed by atoms with E-state index < -0.39 is 33.4 Å². The number of carbonyl (C=O) groups is 2. The van der Waals surface area contributed by atoms with Gasteiger partial charge < -0.3 is 10.1 Å². The second-order valence-corrected chi connectivity index (χ2v) is 8.77. The van der Waals surface area contributed by atoms with Gasteiger partial charge in [-0.05, 0) is 37.6 Å². The number of hydrogen-bond acceptors (Lipinski definition) is 7. The van der Waals surface area contributed by atoms with Crippen molar-refractivity contribution in [1.82, 2.24) is 0 Å². The molecule has 0 aromatic heterocycles. The van der Waals surface area contributed by atoms with E-state index in [1.807, 2.05) is 0 Å². The molecule has 0 aliphatic carbocycles. The van der Waals surface area contributed by atoms with Crippen molar-refractivity contribution in [2.75, 3.05) is 29.0 Å². The number of non-ortho nitro benzene ring substituents is 1. The zero-order valence-electron chi connectivity index (χ0n) is 16.9. The van der Waals surface area contributed by atoms with Crippen LogP contribution in [0.3, 0.4) is 0 Å². The molecule has 0 radical (unpaired) electrons. The molecule has 1 N–H and O–H groups in total. The monoisotopic (exact) mass is 469 g/mol. The van der Waals surface area contributed by atoms with Crippen LogP contribution in [0.1, 0.15) is 22.8 Å². The van der Waals surface area contributed by atoms with Gasteiger partial charge in [-0.3, -0.25) is 19.2 Å². The summed E-state index contributed by atoms with van der Waals surface area (Å²) in [5, 5.41) is 13.7. The van der Waals surface area contributed by atoms with Crippen molar-refractivity contribution in [2.45, 2.75) is 13.8 Å². The number of sulfonamides is 1. The lowest BCUT2D eigenvalue weighted by Crippen LogP contribution is -2.38. The number of benzene rings is 2. The standard InChI is InChI=1S/C19H20ClN3O7S/c1-4-30-19(25)15-9-13(6-8-16(15)20)21-18(24)11-22(31(3,28)29)17-10-14(23(26)27)7-5-12(17)2/h5-10H,4,11H2,1-3H3,(H,21,24). The highest BCUT2D eigenvalue weighted by Gasteiger charge is 2.25. The number of rotatable bonds is 8. The molecule has 0 spiro atoms. The Morgan fingerprint density at radius 1 is 1.23 bits per heavy atom. The fourth-order valence-electron chi connectivity index (χ4n) is 2.66. The molecule has 0 fully saturated rings. The number of aryl methyl sites for hydroxylation is 1. The average Bonchev–Trinajstić information content (AvgIpc) is 2.67. The first kappa shape index (κ1) is 24.1. The molecule has 0 aliphatic heterocycles. The van der Waals surface area contributed by atoms with Gasteiger partial charge in [0.1, 0.15) is 6.54 Å². The topological polar surface area (TPSA) is 136 Å². The number of ether oxygens (including phenoxy) is 1. The second-order valence-electron chi connectivity index (χ2n) is 6.46. The third-order valence-corrected chi connectivity index (χ3v) is 5.56. The molecule has 31 heavy (non-hydrogen) atoms. The number of esters is 1. The summed E-state index contributed by atoms with van der Waals surface area (Å²) in [6.45, 7) is 2.70. The molecule has 0 unspecified atom stereocenters. The van der Waals surface area contributed by atoms with E-state index >= 15 is 0 Å². The van der Waals surface area contributed by atoms with E-state index in [2.05, 4.69) is 5.32 Å². The molecule has 1 amide bonds. The van der Waals surface area contributed by atoms with Gasteiger partial charge in [0.05, 0.1) is 34.1 Å². The predicted molar refractivity (Wildman–Crippen MR) is 116 cm³/mol. The molecule has 2 aromatic carbocycles. The summed E-state index contributed by atoms with van der Waals surface area (Å²) >= 11 is 5.99. The van der Waals surface area contributed by atoms with Crippen LogP contribution < -0.4 is 9.62 Å². The fourth-order valence-corrected chi connectivity index (χ4v) is 3.76. The van der Waals surface area contributed by atoms with Crippen LogP contribution in [-0.4, -0.2) is 44.6 Å². The number of nitro groups is 1. The van der Waals surface area contributed by atoms with Crippen molar-refractivity contribution >= 4 is 50.6 Å². The number of nitro benzene ring substituents is 1. The fraction of sp³-hybridized carbons (Fsp3) is 0.263. The maximum absolute atomic E-state index is 12.6. The molecule has 10 nitrogen and oxygen atoms in total. The zero-order chi connectivity index (χ0) is 23.3. The van der Waals surface area contributed by atoms with E-state index in [0.29, 0.717) is 5.56 Å². The Kier molecular flexibility index (Phi) is 7.58. The number of nitrogens with one attached hydrogen (secondary N) is 1. The van der Waals surface area contributed by atoms with Gasteiger partial charge in [0.15, 0.2) is 0 Å². The first-order valence-electron chi connectivity index (χ1n) is 8.93. The van der Waals surface area contributed by atoms with Crippen molar-refractivity contribution in [1.29, 1.82) is 0 Å². The van der Waals surface area contributed by atoms with Crippen LogP contribution in [0.2, 0.25) is 5.02 Å². The van der Waals surface area contributed by atoms with Crippen LogP contribution in [0.5, 0.6) is 0 Å². The van der Waals surface area contributed by atoms with Gasteiger partial charge in [-0.15, -0.1) is 0 Å². The Morgan fingerprint density at radius 3 is 2.48 bits per heavy atom. The number of nitrogens with zero attached hydrogens (tertiary/aromatic N) is 2. The van der Waals surface area contributed by atoms with Crippen molar-refractivity contribution in [3.63, 3.8) is 0 Å². The largest absolute Gasteiger partial charge is 0.462 e. The molecule has 0 aliphatic rings. The van der Waals surface area contributed by atoms with E-state index in [1.165, 1.54) is 30.3 Å². The van der Waals surface area contributed by atoms with Gasteiger partial charge in [-0.2, -0.15) is 0 Å². The average molecular weight is 470 g/mol. The molecular weight excluding hydrogens is 450 g/mol. The van der Waals surface area contributed by atoms with E-state index in [1.54, 1.807) is 13.8 Å². The third kappa shape index (κ3) is 6.15. The van der Waals surface area contributed by atoms with Gasteiger partial charge in [0.25, 0.3) is 5.69 Å². The highest BCUT2D eigenvalue weighted by molar-refractivity contribution is 7.92. The van der Waals surface area contributed by atoms with Crippen LogP contribution in [0.4, 0.5) is 17.1 Å². The summed E-state index contributed by atoms with van der Waals surface area (Å²) in [5.41, 5.74) is 0.360. The minimum Gasteiger partial charge on any atom is -0.462 e. The lowest BCUT2D eigenvalue weighted by molar-refractivity contribution is -0.384. The number of amides is 1. The SMILES string of the molecule is CCOC(=O)c1cc(NC(=O)CN(c2cc([N+](=O)[O-])ccc2C)S(C)(=O)=O)ccc1Cl. The molecule has 2 rings (SSSR count). The summed E-state index contributed by atoms with van der Waals surface area (Å²) < 4.78 is 30.3. The Balaban J connectivity index is 2.32. The molecule has 0 saturated carbocycles. The smallest absolute Gasteiger partial charge is 0.339 e. The molecule has 0 heterocycles. The minimum absolute atomic E-state index is 0.00942. The first-order valence-corrected chi connectivity index (χ1v) is 11.2. The second kappa shape index (κ2) is 9.75. The maximum Gasteiger partial charge on any atom is 0.339 e. The minimum atomic E-state index is -3.95. The summed E-state index contributed by atoms with van der Waals surface area (Å²) in [6, 6.07) is 7.86. The number of anilines is 2. The molecule has 2 aromatic rings. The van der Waals surface area contributed by atoms with Gasteiger partial charge >= 0.3 is 5.97 Å². The van der Waals surface area contributed by atoms with Crippen molar-refractivity contribution in [2.24, 2.45) is 0 Å². The molecule has 166 valence electrons. The predicted octanol–water partition coefficient (Wildman–Crippen LogP) is 3.14.